The number of imidazole rings is 1. The standard InChI is InChI=1S/C25H29F2N7O3S/c26-23(27)24-29-19-4-1-2-5-20(19)34(24)22-16-21(30-25(31-22)32-11-13-37-14-12-32)28-17-6-8-18(9-7-17)33-10-3-15-38(33,35)36/h1-5,10,16-18,23H,6-9,11-15H2,(H,28,30,31)/t17-,18-. The summed E-state index contributed by atoms with van der Waals surface area (Å²) in [5.74, 6) is 0.974. The van der Waals surface area contributed by atoms with Gasteiger partial charge < -0.3 is 15.0 Å². The first-order valence-electron chi connectivity index (χ1n) is 12.8. The van der Waals surface area contributed by atoms with Crippen LogP contribution in [0.25, 0.3) is 16.9 Å². The largest absolute Gasteiger partial charge is 0.378 e. The number of morpholine rings is 1. The van der Waals surface area contributed by atoms with Gasteiger partial charge in [0.15, 0.2) is 5.82 Å². The predicted molar refractivity (Wildman–Crippen MR) is 139 cm³/mol. The van der Waals surface area contributed by atoms with Crippen LogP contribution in [0.4, 0.5) is 20.5 Å². The molecular weight excluding hydrogens is 516 g/mol. The normalized spacial score (nSPS) is 23.4. The van der Waals surface area contributed by atoms with Crippen LogP contribution < -0.4 is 10.2 Å². The molecule has 6 rings (SSSR count). The van der Waals surface area contributed by atoms with Crippen LogP contribution >= 0.6 is 0 Å². The van der Waals surface area contributed by atoms with E-state index in [1.165, 1.54) is 8.87 Å². The Morgan fingerprint density at radius 3 is 2.50 bits per heavy atom. The number of nitrogens with one attached hydrogen (secondary N) is 1. The van der Waals surface area contributed by atoms with Gasteiger partial charge in [0.2, 0.25) is 16.0 Å². The average molecular weight is 546 g/mol. The van der Waals surface area contributed by atoms with E-state index >= 15 is 0 Å². The second-order valence-corrected chi connectivity index (χ2v) is 11.7. The fraction of sp³-hybridized carbons (Fsp3) is 0.480. The van der Waals surface area contributed by atoms with Crippen molar-refractivity contribution in [3.8, 4) is 5.82 Å². The van der Waals surface area contributed by atoms with Crippen molar-refractivity contribution in [3.63, 3.8) is 0 Å². The van der Waals surface area contributed by atoms with Gasteiger partial charge in [-0.3, -0.25) is 8.87 Å². The fourth-order valence-corrected chi connectivity index (χ4v) is 6.86. The van der Waals surface area contributed by atoms with Crippen LogP contribution in [-0.2, 0) is 14.8 Å². The number of anilines is 2. The smallest absolute Gasteiger partial charge is 0.296 e. The Morgan fingerprint density at radius 2 is 1.79 bits per heavy atom. The highest BCUT2D eigenvalue weighted by molar-refractivity contribution is 7.89. The van der Waals surface area contributed by atoms with Crippen molar-refractivity contribution in [1.29, 1.82) is 0 Å². The Hall–Kier alpha value is -3.32. The second-order valence-electron chi connectivity index (χ2n) is 9.75. The molecule has 1 saturated carbocycles. The molecule has 1 aliphatic carbocycles. The third kappa shape index (κ3) is 4.80. The minimum atomic E-state index is -3.25. The summed E-state index contributed by atoms with van der Waals surface area (Å²) in [6.07, 6.45) is 3.53. The van der Waals surface area contributed by atoms with Crippen molar-refractivity contribution < 1.29 is 21.9 Å². The molecule has 0 atom stereocenters. The number of aromatic nitrogens is 4. The predicted octanol–water partition coefficient (Wildman–Crippen LogP) is 3.47. The molecule has 13 heteroatoms. The Bertz CT molecular complexity index is 1450. The summed E-state index contributed by atoms with van der Waals surface area (Å²) in [7, 11) is -3.25. The second kappa shape index (κ2) is 10.1. The number of halogens is 2. The van der Waals surface area contributed by atoms with Crippen molar-refractivity contribution >= 4 is 32.8 Å². The van der Waals surface area contributed by atoms with E-state index in [0.29, 0.717) is 54.9 Å². The number of alkyl halides is 2. The van der Waals surface area contributed by atoms with Gasteiger partial charge in [0.1, 0.15) is 11.6 Å². The average Bonchev–Trinajstić information content (AvgIpc) is 3.49. The number of hydrogen-bond acceptors (Lipinski definition) is 8. The first-order chi connectivity index (χ1) is 18.4. The number of nitrogens with zero attached hydrogens (tertiary/aromatic N) is 6. The van der Waals surface area contributed by atoms with Crippen LogP contribution in [0.15, 0.2) is 42.6 Å². The SMILES string of the molecule is O=S1(=O)CC=CN1[C@H]1CC[C@H](Nc2cc(-n3c(C(F)F)nc4ccccc43)nc(N3CCOCC3)n2)CC1. The van der Waals surface area contributed by atoms with Gasteiger partial charge in [-0.15, -0.1) is 0 Å². The number of benzene rings is 1. The van der Waals surface area contributed by atoms with Crippen molar-refractivity contribution in [1.82, 2.24) is 23.8 Å². The molecule has 0 amide bonds. The van der Waals surface area contributed by atoms with Crippen molar-refractivity contribution in [2.75, 3.05) is 42.3 Å². The number of hydrogen-bond donors (Lipinski definition) is 1. The third-order valence-electron chi connectivity index (χ3n) is 7.29. The van der Waals surface area contributed by atoms with Gasteiger partial charge >= 0.3 is 0 Å². The molecule has 0 spiro atoms. The van der Waals surface area contributed by atoms with Gasteiger partial charge in [0, 0.05) is 37.4 Å². The van der Waals surface area contributed by atoms with Gasteiger partial charge in [-0.1, -0.05) is 18.2 Å². The molecular formula is C25H29F2N7O3S. The minimum absolute atomic E-state index is 0.0485. The number of rotatable bonds is 6. The van der Waals surface area contributed by atoms with Crippen LogP contribution in [0.3, 0.4) is 0 Å². The molecule has 0 unspecified atom stereocenters. The van der Waals surface area contributed by atoms with E-state index in [1.54, 1.807) is 42.6 Å². The summed E-state index contributed by atoms with van der Waals surface area (Å²) in [4.78, 5) is 15.6. The van der Waals surface area contributed by atoms with Gasteiger partial charge in [-0.2, -0.15) is 9.97 Å². The van der Waals surface area contributed by atoms with Gasteiger partial charge in [0.05, 0.1) is 30.0 Å². The van der Waals surface area contributed by atoms with E-state index in [0.717, 1.165) is 25.7 Å². The van der Waals surface area contributed by atoms with Crippen LogP contribution in [0.1, 0.15) is 37.9 Å². The highest BCUT2D eigenvalue weighted by atomic mass is 32.2. The lowest BCUT2D eigenvalue weighted by Gasteiger charge is -2.34. The van der Waals surface area contributed by atoms with E-state index in [4.69, 9.17) is 14.7 Å². The Labute approximate surface area is 219 Å². The zero-order valence-electron chi connectivity index (χ0n) is 20.7. The molecule has 3 aromatic rings. The number of fused-ring (bicyclic) bond motifs is 1. The van der Waals surface area contributed by atoms with E-state index in [1.807, 2.05) is 4.90 Å². The zero-order chi connectivity index (χ0) is 26.3. The summed E-state index contributed by atoms with van der Waals surface area (Å²) < 4.78 is 61.1. The number of para-hydroxylation sites is 2. The molecule has 4 heterocycles. The molecule has 202 valence electrons. The molecule has 1 N–H and O–H groups in total. The lowest BCUT2D eigenvalue weighted by molar-refractivity contribution is 0.122. The van der Waals surface area contributed by atoms with E-state index in [-0.39, 0.29) is 23.7 Å². The summed E-state index contributed by atoms with van der Waals surface area (Å²) in [6, 6.07) is 8.70. The van der Waals surface area contributed by atoms with Crippen LogP contribution in [0.2, 0.25) is 0 Å². The molecule has 1 aromatic carbocycles. The lowest BCUT2D eigenvalue weighted by atomic mass is 9.91. The van der Waals surface area contributed by atoms with Crippen LogP contribution in [0, 0.1) is 0 Å². The van der Waals surface area contributed by atoms with Gasteiger partial charge in [0.25, 0.3) is 6.43 Å². The minimum Gasteiger partial charge on any atom is -0.378 e. The molecule has 10 nitrogen and oxygen atoms in total. The highest BCUT2D eigenvalue weighted by Gasteiger charge is 2.33. The summed E-state index contributed by atoms with van der Waals surface area (Å²) in [6.45, 7) is 2.26. The molecule has 3 aliphatic rings. The zero-order valence-corrected chi connectivity index (χ0v) is 21.5. The topological polar surface area (TPSA) is 105 Å². The first kappa shape index (κ1) is 25.0. The molecule has 0 bridgehead atoms. The molecule has 38 heavy (non-hydrogen) atoms. The van der Waals surface area contributed by atoms with Gasteiger partial charge in [-0.05, 0) is 37.8 Å². The molecule has 2 aromatic heterocycles. The maximum absolute atomic E-state index is 14.1. The van der Waals surface area contributed by atoms with Crippen molar-refractivity contribution in [3.05, 3.63) is 48.4 Å². The quantitative estimate of drug-likeness (QED) is 0.502. The van der Waals surface area contributed by atoms with E-state index < -0.39 is 16.4 Å². The fourth-order valence-electron chi connectivity index (χ4n) is 5.43. The highest BCUT2D eigenvalue weighted by Crippen LogP contribution is 2.32. The lowest BCUT2D eigenvalue weighted by Crippen LogP contribution is -2.40. The summed E-state index contributed by atoms with van der Waals surface area (Å²) >= 11 is 0. The maximum Gasteiger partial charge on any atom is 0.296 e. The summed E-state index contributed by atoms with van der Waals surface area (Å²) in [5, 5.41) is 3.48. The number of sulfonamides is 1. The Morgan fingerprint density at radius 1 is 1.03 bits per heavy atom. The van der Waals surface area contributed by atoms with E-state index in [2.05, 4.69) is 10.3 Å². The van der Waals surface area contributed by atoms with Crippen LogP contribution in [0.5, 0.6) is 0 Å². The Balaban J connectivity index is 1.31. The molecule has 0 radical (unpaired) electrons. The first-order valence-corrected chi connectivity index (χ1v) is 14.4. The third-order valence-corrected chi connectivity index (χ3v) is 8.97. The van der Waals surface area contributed by atoms with Crippen LogP contribution in [-0.4, -0.2) is 76.4 Å². The van der Waals surface area contributed by atoms with Crippen molar-refractivity contribution in [2.24, 2.45) is 0 Å². The van der Waals surface area contributed by atoms with Crippen molar-refractivity contribution in [2.45, 2.75) is 44.2 Å². The monoisotopic (exact) mass is 545 g/mol. The number of ether oxygens (including phenoxy) is 1. The maximum atomic E-state index is 14.1. The van der Waals surface area contributed by atoms with E-state index in [9.17, 15) is 17.2 Å². The molecule has 2 fully saturated rings. The molecule has 2 aliphatic heterocycles. The Kier molecular flexibility index (Phi) is 6.64. The molecule has 1 saturated heterocycles. The summed E-state index contributed by atoms with van der Waals surface area (Å²) in [5.41, 5.74) is 1.01. The van der Waals surface area contributed by atoms with Gasteiger partial charge in [-0.25, -0.2) is 22.2 Å².